The highest BCUT2D eigenvalue weighted by atomic mass is 32.2. The molecule has 25 heavy (non-hydrogen) atoms. The molecule has 7 nitrogen and oxygen atoms in total. The van der Waals surface area contributed by atoms with Gasteiger partial charge in [-0.25, -0.2) is 8.42 Å². The number of carbonyl (C=O) groups is 1. The first-order valence-corrected chi connectivity index (χ1v) is 9.69. The van der Waals surface area contributed by atoms with E-state index < -0.39 is 27.6 Å². The molecule has 2 N–H and O–H groups in total. The van der Waals surface area contributed by atoms with E-state index in [1.807, 2.05) is 0 Å². The minimum absolute atomic E-state index is 0.0255. The van der Waals surface area contributed by atoms with Crippen LogP contribution in [0.3, 0.4) is 0 Å². The van der Waals surface area contributed by atoms with Crippen LogP contribution in [0.4, 0.5) is 5.69 Å². The van der Waals surface area contributed by atoms with Crippen LogP contribution in [0, 0.1) is 5.92 Å². The molecule has 140 valence electrons. The molecule has 1 atom stereocenters. The summed E-state index contributed by atoms with van der Waals surface area (Å²) < 4.78 is 32.9. The summed E-state index contributed by atoms with van der Waals surface area (Å²) in [5.74, 6) is -0.848. The monoisotopic (exact) mass is 370 g/mol. The number of hydrogen-bond acceptors (Lipinski definition) is 6. The molecular formula is C17H26N2O5S. The molecule has 1 heterocycles. The van der Waals surface area contributed by atoms with Gasteiger partial charge < -0.3 is 15.2 Å². The van der Waals surface area contributed by atoms with Crippen molar-refractivity contribution in [3.8, 4) is 5.75 Å². The number of sulfonamides is 1. The Kier molecular flexibility index (Phi) is 5.34. The van der Waals surface area contributed by atoms with E-state index in [1.54, 1.807) is 34.6 Å². The maximum absolute atomic E-state index is 13.1. The smallest absolute Gasteiger partial charge is 0.325 e. The van der Waals surface area contributed by atoms with Gasteiger partial charge in [-0.3, -0.25) is 4.79 Å². The van der Waals surface area contributed by atoms with Gasteiger partial charge >= 0.3 is 5.97 Å². The summed E-state index contributed by atoms with van der Waals surface area (Å²) in [6, 6.07) is 3.11. The van der Waals surface area contributed by atoms with E-state index in [-0.39, 0.29) is 23.1 Å². The van der Waals surface area contributed by atoms with Crippen molar-refractivity contribution in [2.75, 3.05) is 18.4 Å². The van der Waals surface area contributed by atoms with E-state index in [4.69, 9.17) is 4.74 Å². The van der Waals surface area contributed by atoms with Crippen molar-refractivity contribution in [1.82, 2.24) is 4.31 Å². The van der Waals surface area contributed by atoms with Crippen LogP contribution in [-0.2, 0) is 19.6 Å². The van der Waals surface area contributed by atoms with Crippen LogP contribution >= 0.6 is 0 Å². The number of hydrogen-bond donors (Lipinski definition) is 2. The molecule has 1 aliphatic heterocycles. The van der Waals surface area contributed by atoms with Gasteiger partial charge in [0.05, 0.1) is 5.69 Å². The number of nitrogens with one attached hydrogen (secondary N) is 1. The number of carbonyl (C=O) groups excluding carboxylic acids is 1. The number of phenols is 1. The number of phenolic OH excluding ortho intramolecular Hbond substituents is 1. The number of benzene rings is 1. The number of esters is 1. The maximum Gasteiger partial charge on any atom is 0.325 e. The molecule has 0 saturated heterocycles. The molecule has 0 bridgehead atoms. The summed E-state index contributed by atoms with van der Waals surface area (Å²) in [5, 5.41) is 12.6. The molecular weight excluding hydrogens is 344 g/mol. The lowest BCUT2D eigenvalue weighted by atomic mass is 10.0. The van der Waals surface area contributed by atoms with Crippen LogP contribution in [0.5, 0.6) is 5.75 Å². The summed E-state index contributed by atoms with van der Waals surface area (Å²) in [6.45, 7) is 9.28. The summed E-state index contributed by atoms with van der Waals surface area (Å²) >= 11 is 0. The summed E-state index contributed by atoms with van der Waals surface area (Å²) in [5.41, 5.74) is -0.379. The van der Waals surface area contributed by atoms with Gasteiger partial charge in [0.1, 0.15) is 22.3 Å². The number of nitrogens with zero attached hydrogens (tertiary/aromatic N) is 1. The zero-order chi connectivity index (χ0) is 19.0. The number of anilines is 1. The lowest BCUT2D eigenvalue weighted by Gasteiger charge is -2.33. The molecule has 0 unspecified atom stereocenters. The van der Waals surface area contributed by atoms with Crippen LogP contribution in [0.25, 0.3) is 0 Å². The Balaban J connectivity index is 2.48. The highest BCUT2D eigenvalue weighted by Gasteiger charge is 2.41. The summed E-state index contributed by atoms with van der Waals surface area (Å²) in [4.78, 5) is 12.7. The second-order valence-corrected chi connectivity index (χ2v) is 9.30. The Morgan fingerprint density at radius 2 is 1.96 bits per heavy atom. The van der Waals surface area contributed by atoms with Gasteiger partial charge in [0.25, 0.3) is 0 Å². The molecule has 0 amide bonds. The van der Waals surface area contributed by atoms with E-state index in [2.05, 4.69) is 5.32 Å². The predicted octanol–water partition coefficient (Wildman–Crippen LogP) is 2.17. The fourth-order valence-electron chi connectivity index (χ4n) is 2.80. The second-order valence-electron chi connectivity index (χ2n) is 7.45. The predicted molar refractivity (Wildman–Crippen MR) is 95.0 cm³/mol. The average molecular weight is 370 g/mol. The molecule has 2 rings (SSSR count). The largest absolute Gasteiger partial charge is 0.508 e. The zero-order valence-electron chi connectivity index (χ0n) is 15.2. The van der Waals surface area contributed by atoms with E-state index in [9.17, 15) is 18.3 Å². The Morgan fingerprint density at radius 3 is 2.52 bits per heavy atom. The van der Waals surface area contributed by atoms with Gasteiger partial charge in [-0.2, -0.15) is 4.31 Å². The lowest BCUT2D eigenvalue weighted by Crippen LogP contribution is -2.50. The van der Waals surface area contributed by atoms with Crippen LogP contribution < -0.4 is 5.32 Å². The van der Waals surface area contributed by atoms with Gasteiger partial charge in [-0.05, 0) is 38.8 Å². The number of aromatic hydroxyl groups is 1. The summed E-state index contributed by atoms with van der Waals surface area (Å²) in [7, 11) is -3.92. The molecule has 1 aromatic carbocycles. The van der Waals surface area contributed by atoms with Crippen molar-refractivity contribution in [1.29, 1.82) is 0 Å². The van der Waals surface area contributed by atoms with Gasteiger partial charge in [-0.15, -0.1) is 0 Å². The fraction of sp³-hybridized carbons (Fsp3) is 0.588. The van der Waals surface area contributed by atoms with E-state index >= 15 is 0 Å². The quantitative estimate of drug-likeness (QED) is 0.792. The minimum atomic E-state index is -3.92. The van der Waals surface area contributed by atoms with Crippen LogP contribution in [0.2, 0.25) is 0 Å². The molecule has 0 aromatic heterocycles. The number of ether oxygens (including phenoxy) is 1. The maximum atomic E-state index is 13.1. The van der Waals surface area contributed by atoms with Crippen LogP contribution in [0.15, 0.2) is 23.1 Å². The molecule has 0 radical (unpaired) electrons. The summed E-state index contributed by atoms with van der Waals surface area (Å²) in [6.07, 6.45) is 0. The highest BCUT2D eigenvalue weighted by molar-refractivity contribution is 7.89. The molecule has 1 aliphatic rings. The van der Waals surface area contributed by atoms with Crippen molar-refractivity contribution >= 4 is 21.7 Å². The standard InChI is InChI=1S/C17H26N2O5S/c1-11(2)15(16(21)24-17(3,4)5)19-9-8-18-13-10-12(20)6-7-14(13)25(19,22)23/h6-7,10-11,15,18,20H,8-9H2,1-5H3/t15-/m0/s1. The number of fused-ring (bicyclic) bond motifs is 1. The lowest BCUT2D eigenvalue weighted by molar-refractivity contribution is -0.161. The first-order chi connectivity index (χ1) is 11.4. The first-order valence-electron chi connectivity index (χ1n) is 8.25. The Bertz CT molecular complexity index is 753. The van der Waals surface area contributed by atoms with Gasteiger partial charge in [0.2, 0.25) is 10.0 Å². The van der Waals surface area contributed by atoms with Gasteiger partial charge in [0.15, 0.2) is 0 Å². The Labute approximate surface area is 149 Å². The fourth-order valence-corrected chi connectivity index (χ4v) is 4.66. The van der Waals surface area contributed by atoms with Crippen LogP contribution in [0.1, 0.15) is 34.6 Å². The molecule has 0 spiro atoms. The normalized spacial score (nSPS) is 18.8. The number of rotatable bonds is 3. The third kappa shape index (κ3) is 4.24. The first kappa shape index (κ1) is 19.5. The van der Waals surface area contributed by atoms with Gasteiger partial charge in [0, 0.05) is 19.2 Å². The van der Waals surface area contributed by atoms with E-state index in [0.29, 0.717) is 12.2 Å². The van der Waals surface area contributed by atoms with Crippen molar-refractivity contribution in [3.05, 3.63) is 18.2 Å². The zero-order valence-corrected chi connectivity index (χ0v) is 16.1. The SMILES string of the molecule is CC(C)[C@@H](C(=O)OC(C)(C)C)N1CCNc2cc(O)ccc2S1(=O)=O. The van der Waals surface area contributed by atoms with Crippen LogP contribution in [-0.4, -0.2) is 48.5 Å². The topological polar surface area (TPSA) is 95.9 Å². The third-order valence-electron chi connectivity index (χ3n) is 3.79. The molecule has 0 fully saturated rings. The molecule has 8 heteroatoms. The third-order valence-corrected chi connectivity index (χ3v) is 5.73. The van der Waals surface area contributed by atoms with Gasteiger partial charge in [-0.1, -0.05) is 13.8 Å². The average Bonchev–Trinajstić information content (AvgIpc) is 2.54. The highest BCUT2D eigenvalue weighted by Crippen LogP contribution is 2.33. The van der Waals surface area contributed by atoms with E-state index in [1.165, 1.54) is 22.5 Å². The van der Waals surface area contributed by atoms with Crippen molar-refractivity contribution in [2.24, 2.45) is 5.92 Å². The van der Waals surface area contributed by atoms with Crippen molar-refractivity contribution in [3.63, 3.8) is 0 Å². The van der Waals surface area contributed by atoms with Crippen molar-refractivity contribution in [2.45, 2.75) is 51.2 Å². The Hall–Kier alpha value is -1.80. The molecule has 1 aromatic rings. The molecule has 0 aliphatic carbocycles. The molecule has 0 saturated carbocycles. The minimum Gasteiger partial charge on any atom is -0.508 e. The Morgan fingerprint density at radius 1 is 1.32 bits per heavy atom. The van der Waals surface area contributed by atoms with E-state index in [0.717, 1.165) is 0 Å². The second kappa shape index (κ2) is 6.84. The van der Waals surface area contributed by atoms with Crippen molar-refractivity contribution < 1.29 is 23.1 Å².